The highest BCUT2D eigenvalue weighted by atomic mass is 79.9. The number of halogens is 1. The van der Waals surface area contributed by atoms with E-state index < -0.39 is 0 Å². The number of aryl methyl sites for hydroxylation is 1. The predicted octanol–water partition coefficient (Wildman–Crippen LogP) is 2.07. The number of hydrogen-bond acceptors (Lipinski definition) is 2. The van der Waals surface area contributed by atoms with Gasteiger partial charge in [0.25, 0.3) is 0 Å². The highest BCUT2D eigenvalue weighted by Gasteiger charge is 1.86. The van der Waals surface area contributed by atoms with Gasteiger partial charge in [-0.2, -0.15) is 0 Å². The van der Waals surface area contributed by atoms with Crippen LogP contribution in [0.1, 0.15) is 5.56 Å². The number of para-hydroxylation sites is 1. The Morgan fingerprint density at radius 3 is 2.08 bits per heavy atom. The molecule has 0 saturated carbocycles. The number of aromatic hydroxyl groups is 1. The van der Waals surface area contributed by atoms with Gasteiger partial charge in [-0.3, -0.25) is 0 Å². The molecule has 0 atom stereocenters. The molecule has 0 radical (unpaired) electrons. The fraction of sp³-hybridized carbons (Fsp3) is 0.333. The maximum atomic E-state index is 8.92. The summed E-state index contributed by atoms with van der Waals surface area (Å²) in [5.74, 6) is 0.368. The quantitative estimate of drug-likeness (QED) is 0.729. The van der Waals surface area contributed by atoms with Gasteiger partial charge >= 0.3 is 0 Å². The first-order valence-electron chi connectivity index (χ1n) is 3.63. The van der Waals surface area contributed by atoms with Crippen LogP contribution in [0.2, 0.25) is 0 Å². The molecule has 0 spiro atoms. The molecular weight excluding hydrogens is 220 g/mol. The van der Waals surface area contributed by atoms with Crippen molar-refractivity contribution in [3.05, 3.63) is 29.8 Å². The highest BCUT2D eigenvalue weighted by Crippen LogP contribution is 2.12. The van der Waals surface area contributed by atoms with Crippen LogP contribution in [0.25, 0.3) is 0 Å². The number of aliphatic hydroxyl groups is 1. The average molecular weight is 233 g/mol. The number of phenolic OH excluding ortho intramolecular Hbond substituents is 1. The van der Waals surface area contributed by atoms with Gasteiger partial charge in [-0.25, -0.2) is 0 Å². The summed E-state index contributed by atoms with van der Waals surface area (Å²) in [7, 11) is 0. The maximum absolute atomic E-state index is 8.92. The normalized spacial score (nSPS) is 8.58. The second kappa shape index (κ2) is 7.13. The third-order valence-corrected chi connectivity index (χ3v) is 1.55. The summed E-state index contributed by atoms with van der Waals surface area (Å²) in [6, 6.07) is 7.25. The Morgan fingerprint density at radius 2 is 1.83 bits per heavy atom. The SMILES string of the molecule is Cc1ccccc1O.OCCBr. The summed E-state index contributed by atoms with van der Waals surface area (Å²) in [6.45, 7) is 2.11. The third-order valence-electron chi connectivity index (χ3n) is 1.20. The van der Waals surface area contributed by atoms with Crippen molar-refractivity contribution in [2.24, 2.45) is 0 Å². The van der Waals surface area contributed by atoms with E-state index in [0.29, 0.717) is 11.1 Å². The minimum atomic E-state index is 0.236. The van der Waals surface area contributed by atoms with Gasteiger partial charge in [-0.15, -0.1) is 0 Å². The Morgan fingerprint density at radius 1 is 1.33 bits per heavy atom. The number of benzene rings is 1. The van der Waals surface area contributed by atoms with E-state index in [2.05, 4.69) is 15.9 Å². The fourth-order valence-electron chi connectivity index (χ4n) is 0.563. The van der Waals surface area contributed by atoms with Crippen LogP contribution in [0.3, 0.4) is 0 Å². The molecule has 1 rings (SSSR count). The van der Waals surface area contributed by atoms with E-state index >= 15 is 0 Å². The first-order valence-corrected chi connectivity index (χ1v) is 4.76. The van der Waals surface area contributed by atoms with Crippen LogP contribution in [-0.2, 0) is 0 Å². The lowest BCUT2D eigenvalue weighted by Gasteiger charge is -1.92. The molecule has 0 fully saturated rings. The van der Waals surface area contributed by atoms with Crippen molar-refractivity contribution in [1.82, 2.24) is 0 Å². The van der Waals surface area contributed by atoms with E-state index in [-0.39, 0.29) is 6.61 Å². The molecule has 0 saturated heterocycles. The Balaban J connectivity index is 0.000000261. The van der Waals surface area contributed by atoms with E-state index in [1.54, 1.807) is 6.07 Å². The lowest BCUT2D eigenvalue weighted by Crippen LogP contribution is -1.75. The van der Waals surface area contributed by atoms with E-state index in [0.717, 1.165) is 5.56 Å². The van der Waals surface area contributed by atoms with Crippen molar-refractivity contribution in [1.29, 1.82) is 0 Å². The van der Waals surface area contributed by atoms with Gasteiger partial charge in [0, 0.05) is 5.33 Å². The number of rotatable bonds is 1. The molecular formula is C9H13BrO2. The molecule has 68 valence electrons. The fourth-order valence-corrected chi connectivity index (χ4v) is 0.563. The van der Waals surface area contributed by atoms with Crippen LogP contribution >= 0.6 is 15.9 Å². The van der Waals surface area contributed by atoms with Gasteiger partial charge in [0.15, 0.2) is 0 Å². The highest BCUT2D eigenvalue weighted by molar-refractivity contribution is 9.09. The molecule has 1 aromatic carbocycles. The number of aliphatic hydroxyl groups excluding tert-OH is 1. The van der Waals surface area contributed by atoms with Gasteiger partial charge in [-0.05, 0) is 18.6 Å². The van der Waals surface area contributed by atoms with E-state index in [4.69, 9.17) is 10.2 Å². The number of alkyl halides is 1. The Hall–Kier alpha value is -0.540. The molecule has 0 aliphatic rings. The molecule has 0 unspecified atom stereocenters. The molecule has 0 aliphatic carbocycles. The van der Waals surface area contributed by atoms with E-state index in [1.807, 2.05) is 25.1 Å². The van der Waals surface area contributed by atoms with E-state index in [1.165, 1.54) is 0 Å². The lowest BCUT2D eigenvalue weighted by atomic mass is 10.2. The average Bonchev–Trinajstić information content (AvgIpc) is 2.11. The third kappa shape index (κ3) is 5.16. The zero-order valence-electron chi connectivity index (χ0n) is 7.00. The van der Waals surface area contributed by atoms with Crippen molar-refractivity contribution in [2.75, 3.05) is 11.9 Å². The smallest absolute Gasteiger partial charge is 0.118 e. The Kier molecular flexibility index (Phi) is 6.81. The molecule has 12 heavy (non-hydrogen) atoms. The second-order valence-corrected chi connectivity index (χ2v) is 2.99. The van der Waals surface area contributed by atoms with Crippen LogP contribution in [0, 0.1) is 6.92 Å². The molecule has 0 heterocycles. The number of phenols is 1. The molecule has 2 N–H and O–H groups in total. The van der Waals surface area contributed by atoms with Crippen molar-refractivity contribution in [2.45, 2.75) is 6.92 Å². The molecule has 0 aliphatic heterocycles. The van der Waals surface area contributed by atoms with Crippen molar-refractivity contribution in [3.63, 3.8) is 0 Å². The first-order chi connectivity index (χ1) is 5.72. The second-order valence-electron chi connectivity index (χ2n) is 2.20. The van der Waals surface area contributed by atoms with Crippen LogP contribution in [0.15, 0.2) is 24.3 Å². The topological polar surface area (TPSA) is 40.5 Å². The Labute approximate surface area is 81.0 Å². The van der Waals surface area contributed by atoms with Gasteiger partial charge in [0.1, 0.15) is 5.75 Å². The summed E-state index contributed by atoms with van der Waals surface area (Å²) in [6.07, 6.45) is 0. The standard InChI is InChI=1S/C7H8O.C2H5BrO/c1-6-4-2-3-5-7(6)8;3-1-2-4/h2-5,8H,1H3;4H,1-2H2. The molecule has 1 aromatic rings. The summed E-state index contributed by atoms with van der Waals surface area (Å²) in [5, 5.41) is 17.4. The molecule has 3 heteroatoms. The summed E-state index contributed by atoms with van der Waals surface area (Å²) < 4.78 is 0. The summed E-state index contributed by atoms with van der Waals surface area (Å²) in [4.78, 5) is 0. The lowest BCUT2D eigenvalue weighted by molar-refractivity contribution is 0.324. The molecule has 0 bridgehead atoms. The van der Waals surface area contributed by atoms with E-state index in [9.17, 15) is 0 Å². The van der Waals surface area contributed by atoms with Crippen LogP contribution < -0.4 is 0 Å². The zero-order valence-corrected chi connectivity index (χ0v) is 8.58. The molecule has 0 amide bonds. The molecule has 2 nitrogen and oxygen atoms in total. The first kappa shape index (κ1) is 11.5. The monoisotopic (exact) mass is 232 g/mol. The largest absolute Gasteiger partial charge is 0.508 e. The van der Waals surface area contributed by atoms with Crippen molar-refractivity contribution >= 4 is 15.9 Å². The van der Waals surface area contributed by atoms with Crippen molar-refractivity contribution in [3.8, 4) is 5.75 Å². The Bertz CT molecular complexity index is 190. The summed E-state index contributed by atoms with van der Waals surface area (Å²) in [5.41, 5.74) is 0.924. The van der Waals surface area contributed by atoms with Crippen LogP contribution in [0.5, 0.6) is 5.75 Å². The zero-order chi connectivity index (χ0) is 9.40. The maximum Gasteiger partial charge on any atom is 0.118 e. The van der Waals surface area contributed by atoms with Gasteiger partial charge in [0.2, 0.25) is 0 Å². The van der Waals surface area contributed by atoms with Crippen LogP contribution in [0.4, 0.5) is 0 Å². The van der Waals surface area contributed by atoms with Crippen LogP contribution in [-0.4, -0.2) is 22.2 Å². The minimum Gasteiger partial charge on any atom is -0.508 e. The van der Waals surface area contributed by atoms with Gasteiger partial charge < -0.3 is 10.2 Å². The number of hydrogen-bond donors (Lipinski definition) is 2. The summed E-state index contributed by atoms with van der Waals surface area (Å²) >= 11 is 3.00. The predicted molar refractivity (Wildman–Crippen MR) is 53.7 cm³/mol. The minimum absolute atomic E-state index is 0.236. The van der Waals surface area contributed by atoms with Gasteiger partial charge in [0.05, 0.1) is 6.61 Å². The molecule has 0 aromatic heterocycles. The van der Waals surface area contributed by atoms with Crippen molar-refractivity contribution < 1.29 is 10.2 Å². The van der Waals surface area contributed by atoms with Gasteiger partial charge in [-0.1, -0.05) is 34.1 Å².